The highest BCUT2D eigenvalue weighted by atomic mass is 28.3. The van der Waals surface area contributed by atoms with Gasteiger partial charge in [0.05, 0.1) is 5.67 Å². The van der Waals surface area contributed by atoms with Gasteiger partial charge in [-0.15, -0.1) is 0 Å². The van der Waals surface area contributed by atoms with Crippen molar-refractivity contribution in [2.45, 2.75) is 52.1 Å². The van der Waals surface area contributed by atoms with Crippen LogP contribution in [0.3, 0.4) is 0 Å². The number of nitrogens with zero attached hydrogens (tertiary/aromatic N) is 1. The van der Waals surface area contributed by atoms with E-state index in [1.165, 1.54) is 16.3 Å². The summed E-state index contributed by atoms with van der Waals surface area (Å²) < 4.78 is 5.76. The van der Waals surface area contributed by atoms with Gasteiger partial charge in [-0.3, -0.25) is 4.90 Å². The van der Waals surface area contributed by atoms with E-state index in [4.69, 9.17) is 4.74 Å². The Morgan fingerprint density at radius 3 is 2.32 bits per heavy atom. The fourth-order valence-corrected chi connectivity index (χ4v) is 7.38. The number of benzene rings is 2. The van der Waals surface area contributed by atoms with Gasteiger partial charge in [-0.1, -0.05) is 61.1 Å². The van der Waals surface area contributed by atoms with Gasteiger partial charge in [-0.2, -0.15) is 0 Å². The molecule has 1 aliphatic heterocycles. The lowest BCUT2D eigenvalue weighted by molar-refractivity contribution is 0.0576. The van der Waals surface area contributed by atoms with Crippen molar-refractivity contribution in [2.24, 2.45) is 0 Å². The maximum Gasteiger partial charge on any atom is 0.415 e. The number of ether oxygens (including phenoxy) is 1. The number of anilines is 1. The molecule has 4 heteroatoms. The van der Waals surface area contributed by atoms with Crippen LogP contribution in [0, 0.1) is 6.92 Å². The number of hydrogen-bond donors (Lipinski definition) is 0. The van der Waals surface area contributed by atoms with Crippen LogP contribution in [0.4, 0.5) is 10.5 Å². The third-order valence-electron chi connectivity index (χ3n) is 4.75. The molecule has 2 aromatic carbocycles. The molecule has 1 amide bonds. The Hall–Kier alpha value is -2.07. The topological polar surface area (TPSA) is 29.5 Å². The van der Waals surface area contributed by atoms with Crippen molar-refractivity contribution in [2.75, 3.05) is 4.90 Å². The lowest BCUT2D eigenvalue weighted by atomic mass is 10.1. The number of aryl methyl sites for hydroxylation is 1. The van der Waals surface area contributed by atoms with E-state index in [-0.39, 0.29) is 11.8 Å². The van der Waals surface area contributed by atoms with Gasteiger partial charge in [-0.05, 0) is 44.5 Å². The molecule has 0 bridgehead atoms. The van der Waals surface area contributed by atoms with E-state index in [0.717, 1.165) is 5.69 Å². The fourth-order valence-electron chi connectivity index (χ4n) is 3.70. The van der Waals surface area contributed by atoms with Crippen LogP contribution in [0.15, 0.2) is 48.5 Å². The van der Waals surface area contributed by atoms with E-state index in [1.54, 1.807) is 0 Å². The van der Waals surface area contributed by atoms with Crippen molar-refractivity contribution < 1.29 is 9.53 Å². The van der Waals surface area contributed by atoms with E-state index in [0.29, 0.717) is 0 Å². The number of hydrogen-bond acceptors (Lipinski definition) is 2. The van der Waals surface area contributed by atoms with Crippen LogP contribution >= 0.6 is 0 Å². The van der Waals surface area contributed by atoms with E-state index < -0.39 is 13.7 Å². The smallest absolute Gasteiger partial charge is 0.415 e. The molecule has 0 fully saturated rings. The summed E-state index contributed by atoms with van der Waals surface area (Å²) in [5.74, 6) is 0. The molecule has 0 saturated carbocycles. The summed E-state index contributed by atoms with van der Waals surface area (Å²) in [6.45, 7) is 12.5. The minimum Gasteiger partial charge on any atom is -0.443 e. The second kappa shape index (κ2) is 6.02. The van der Waals surface area contributed by atoms with Crippen LogP contribution in [0.5, 0.6) is 0 Å². The van der Waals surface area contributed by atoms with Crippen molar-refractivity contribution in [1.29, 1.82) is 0 Å². The summed E-state index contributed by atoms with van der Waals surface area (Å²) in [5.41, 5.74) is 2.94. The van der Waals surface area contributed by atoms with E-state index in [9.17, 15) is 4.79 Å². The first-order chi connectivity index (χ1) is 11.6. The van der Waals surface area contributed by atoms with Crippen molar-refractivity contribution >= 4 is 25.0 Å². The number of amides is 1. The summed E-state index contributed by atoms with van der Waals surface area (Å²) >= 11 is 0. The van der Waals surface area contributed by atoms with Gasteiger partial charge in [0.1, 0.15) is 13.7 Å². The zero-order chi connectivity index (χ0) is 18.4. The zero-order valence-corrected chi connectivity index (χ0v) is 17.0. The summed E-state index contributed by atoms with van der Waals surface area (Å²) in [4.78, 5) is 15.0. The van der Waals surface area contributed by atoms with Gasteiger partial charge in [0.2, 0.25) is 0 Å². The van der Waals surface area contributed by atoms with E-state index in [1.807, 2.05) is 43.9 Å². The largest absolute Gasteiger partial charge is 0.443 e. The lowest BCUT2D eigenvalue weighted by Crippen LogP contribution is -2.48. The maximum atomic E-state index is 13.1. The summed E-state index contributed by atoms with van der Waals surface area (Å²) in [5, 5.41) is 1.33. The summed E-state index contributed by atoms with van der Waals surface area (Å²) in [6, 6.07) is 16.7. The Morgan fingerprint density at radius 1 is 1.08 bits per heavy atom. The number of fused-ring (bicyclic) bond motifs is 1. The minimum atomic E-state index is -1.94. The summed E-state index contributed by atoms with van der Waals surface area (Å²) in [7, 11) is -1.94. The van der Waals surface area contributed by atoms with Crippen molar-refractivity contribution in [3.05, 3.63) is 59.7 Å². The molecule has 0 spiro atoms. The standard InChI is InChI=1S/C21H27NO2Si/c1-15-12-13-17-18(14-15)25(5,6)19(16-10-8-7-9-11-16)22(17)20(23)24-21(2,3)4/h7-14,19H,1-6H3. The minimum absolute atomic E-state index is 0.0420. The zero-order valence-electron chi connectivity index (χ0n) is 16.0. The monoisotopic (exact) mass is 353 g/mol. The molecule has 0 saturated heterocycles. The first-order valence-corrected chi connectivity index (χ1v) is 11.9. The first kappa shape index (κ1) is 17.7. The Morgan fingerprint density at radius 2 is 1.72 bits per heavy atom. The van der Waals surface area contributed by atoms with Crippen molar-refractivity contribution in [3.8, 4) is 0 Å². The first-order valence-electron chi connectivity index (χ1n) is 8.79. The van der Waals surface area contributed by atoms with Crippen LogP contribution in [-0.4, -0.2) is 19.8 Å². The Bertz CT molecular complexity index is 793. The maximum absolute atomic E-state index is 13.1. The summed E-state index contributed by atoms with van der Waals surface area (Å²) in [6.07, 6.45) is -0.260. The Labute approximate surface area is 151 Å². The average Bonchev–Trinajstić information content (AvgIpc) is 2.74. The normalized spacial score (nSPS) is 18.8. The van der Waals surface area contributed by atoms with Crippen LogP contribution in [-0.2, 0) is 4.74 Å². The molecule has 2 aromatic rings. The lowest BCUT2D eigenvalue weighted by Gasteiger charge is -2.33. The molecule has 3 rings (SSSR count). The van der Waals surface area contributed by atoms with E-state index in [2.05, 4.69) is 50.3 Å². The second-order valence-electron chi connectivity index (χ2n) is 8.41. The van der Waals surface area contributed by atoms with Crippen molar-refractivity contribution in [3.63, 3.8) is 0 Å². The fraction of sp³-hybridized carbons (Fsp3) is 0.381. The van der Waals surface area contributed by atoms with Crippen LogP contribution in [0.1, 0.15) is 37.6 Å². The van der Waals surface area contributed by atoms with Crippen LogP contribution < -0.4 is 10.1 Å². The SMILES string of the molecule is Cc1ccc2c(c1)[Si](C)(C)C(c1ccccc1)N2C(=O)OC(C)(C)C. The molecule has 1 unspecified atom stereocenters. The Kier molecular flexibility index (Phi) is 4.27. The number of rotatable bonds is 1. The van der Waals surface area contributed by atoms with Gasteiger partial charge >= 0.3 is 6.09 Å². The third-order valence-corrected chi connectivity index (χ3v) is 8.50. The quantitative estimate of drug-likeness (QED) is 0.679. The highest BCUT2D eigenvalue weighted by Crippen LogP contribution is 2.42. The number of carbonyl (C=O) groups excluding carboxylic acids is 1. The highest BCUT2D eigenvalue weighted by molar-refractivity contribution is 6.94. The third kappa shape index (κ3) is 3.23. The van der Waals surface area contributed by atoms with Gasteiger partial charge in [0.25, 0.3) is 0 Å². The van der Waals surface area contributed by atoms with Gasteiger partial charge in [0.15, 0.2) is 0 Å². The molecule has 0 radical (unpaired) electrons. The molecule has 0 aromatic heterocycles. The molecular weight excluding hydrogens is 326 g/mol. The molecule has 25 heavy (non-hydrogen) atoms. The molecule has 1 atom stereocenters. The molecule has 1 aliphatic rings. The van der Waals surface area contributed by atoms with Crippen LogP contribution in [0.25, 0.3) is 0 Å². The Balaban J connectivity index is 2.16. The second-order valence-corrected chi connectivity index (χ2v) is 12.9. The highest BCUT2D eigenvalue weighted by Gasteiger charge is 2.50. The molecule has 0 N–H and O–H groups in total. The predicted molar refractivity (Wildman–Crippen MR) is 106 cm³/mol. The molecule has 132 valence electrons. The van der Waals surface area contributed by atoms with Crippen LogP contribution in [0.2, 0.25) is 13.1 Å². The molecule has 3 nitrogen and oxygen atoms in total. The van der Waals surface area contributed by atoms with E-state index >= 15 is 0 Å². The van der Waals surface area contributed by atoms with Gasteiger partial charge in [-0.25, -0.2) is 4.79 Å². The molecule has 1 heterocycles. The average molecular weight is 354 g/mol. The molecular formula is C21H27NO2Si. The van der Waals surface area contributed by atoms with Gasteiger partial charge in [0, 0.05) is 5.69 Å². The van der Waals surface area contributed by atoms with Gasteiger partial charge < -0.3 is 4.74 Å². The predicted octanol–water partition coefficient (Wildman–Crippen LogP) is 4.95. The number of carbonyl (C=O) groups is 1. The molecule has 0 aliphatic carbocycles. The van der Waals surface area contributed by atoms with Crippen molar-refractivity contribution in [1.82, 2.24) is 0 Å².